The fourth-order valence-electron chi connectivity index (χ4n) is 2.46. The van der Waals surface area contributed by atoms with E-state index in [4.69, 9.17) is 27.9 Å². The maximum Gasteiger partial charge on any atom is 0.214 e. The van der Waals surface area contributed by atoms with E-state index in [0.717, 1.165) is 27.7 Å². The molecule has 0 amide bonds. The van der Waals surface area contributed by atoms with Crippen LogP contribution in [0.2, 0.25) is 10.0 Å². The average Bonchev–Trinajstić information content (AvgIpc) is 3.05. The Morgan fingerprint density at radius 3 is 2.60 bits per heavy atom. The van der Waals surface area contributed by atoms with Crippen LogP contribution in [0.4, 0.5) is 0 Å². The molecule has 2 aromatic carbocycles. The second kappa shape index (κ2) is 6.63. The van der Waals surface area contributed by atoms with Gasteiger partial charge in [0, 0.05) is 21.6 Å². The van der Waals surface area contributed by atoms with E-state index in [2.05, 4.69) is 15.6 Å². The molecule has 0 bridgehead atoms. The molecule has 126 valence electrons. The number of halogens is 2. The van der Waals surface area contributed by atoms with E-state index < -0.39 is 0 Å². The van der Waals surface area contributed by atoms with Gasteiger partial charge in [-0.25, -0.2) is 4.68 Å². The first-order valence-corrected chi connectivity index (χ1v) is 8.98. The molecule has 4 rings (SSSR count). The summed E-state index contributed by atoms with van der Waals surface area (Å²) in [5.74, 6) is 1.50. The van der Waals surface area contributed by atoms with Crippen LogP contribution in [0, 0.1) is 0 Å². The molecular weight excluding hydrogens is 379 g/mol. The van der Waals surface area contributed by atoms with Crippen LogP contribution in [0.25, 0.3) is 17.1 Å². The van der Waals surface area contributed by atoms with Gasteiger partial charge in [0.1, 0.15) is 5.75 Å². The first-order chi connectivity index (χ1) is 12.2. The molecule has 0 radical (unpaired) electrons. The van der Waals surface area contributed by atoms with Crippen LogP contribution in [0.5, 0.6) is 5.75 Å². The number of ether oxygens (including phenoxy) is 1. The highest BCUT2D eigenvalue weighted by Crippen LogP contribution is 2.34. The molecular formula is C17H12Cl2N4OS. The number of nitrogens with one attached hydrogen (secondary N) is 1. The molecule has 1 aliphatic rings. The molecule has 1 aromatic heterocycles. The number of rotatable bonds is 3. The Kier molecular flexibility index (Phi) is 4.33. The van der Waals surface area contributed by atoms with E-state index >= 15 is 0 Å². The van der Waals surface area contributed by atoms with Gasteiger partial charge < -0.3 is 4.74 Å². The van der Waals surface area contributed by atoms with E-state index in [1.54, 1.807) is 13.2 Å². The third kappa shape index (κ3) is 3.08. The minimum absolute atomic E-state index is 0.578. The highest BCUT2D eigenvalue weighted by Gasteiger charge is 2.20. The largest absolute Gasteiger partial charge is 0.497 e. The number of hydrogen-bond acceptors (Lipinski definition) is 5. The van der Waals surface area contributed by atoms with Gasteiger partial charge in [-0.05, 0) is 42.5 Å². The minimum atomic E-state index is 0.578. The first kappa shape index (κ1) is 16.3. The zero-order valence-electron chi connectivity index (χ0n) is 13.0. The normalized spacial score (nSPS) is 13.0. The lowest BCUT2D eigenvalue weighted by atomic mass is 10.2. The summed E-state index contributed by atoms with van der Waals surface area (Å²) >= 11 is 13.8. The summed E-state index contributed by atoms with van der Waals surface area (Å²) in [6, 6.07) is 13.1. The predicted octanol–water partition coefficient (Wildman–Crippen LogP) is 4.91. The van der Waals surface area contributed by atoms with Crippen molar-refractivity contribution in [1.82, 2.24) is 14.9 Å². The monoisotopic (exact) mass is 390 g/mol. The summed E-state index contributed by atoms with van der Waals surface area (Å²) in [7, 11) is 1.64. The van der Waals surface area contributed by atoms with Crippen LogP contribution in [0.1, 0.15) is 5.56 Å². The molecule has 0 aliphatic carbocycles. The van der Waals surface area contributed by atoms with Gasteiger partial charge in [0.25, 0.3) is 0 Å². The van der Waals surface area contributed by atoms with Crippen molar-refractivity contribution in [1.29, 1.82) is 0 Å². The van der Waals surface area contributed by atoms with Crippen LogP contribution in [-0.2, 0) is 0 Å². The highest BCUT2D eigenvalue weighted by molar-refractivity contribution is 8.02. The van der Waals surface area contributed by atoms with Crippen molar-refractivity contribution in [3.8, 4) is 17.1 Å². The Morgan fingerprint density at radius 2 is 1.88 bits per heavy atom. The Balaban J connectivity index is 1.69. The topological polar surface area (TPSA) is 52.0 Å². The first-order valence-electron chi connectivity index (χ1n) is 7.35. The lowest BCUT2D eigenvalue weighted by Gasteiger charge is -2.20. The maximum atomic E-state index is 6.33. The molecule has 0 unspecified atom stereocenters. The van der Waals surface area contributed by atoms with Crippen molar-refractivity contribution in [2.75, 3.05) is 12.5 Å². The molecule has 0 atom stereocenters. The fraction of sp³-hybridized carbons (Fsp3) is 0.0588. The number of methoxy groups -OCH3 is 1. The number of thioether (sulfide) groups is 1. The van der Waals surface area contributed by atoms with E-state index in [1.165, 1.54) is 11.8 Å². The Bertz CT molecular complexity index is 969. The smallest absolute Gasteiger partial charge is 0.214 e. The van der Waals surface area contributed by atoms with Gasteiger partial charge in [0.2, 0.25) is 5.16 Å². The van der Waals surface area contributed by atoms with Crippen LogP contribution in [0.15, 0.2) is 53.0 Å². The van der Waals surface area contributed by atoms with Crippen molar-refractivity contribution >= 4 is 40.7 Å². The lowest BCUT2D eigenvalue weighted by Crippen LogP contribution is -2.18. The molecule has 0 saturated carbocycles. The zero-order valence-corrected chi connectivity index (χ0v) is 15.4. The molecule has 0 fully saturated rings. The SMILES string of the molecule is COc1ccc(-c2nnc3n2NC(c2ccc(Cl)cc2Cl)=CS3)cc1. The maximum absolute atomic E-state index is 6.33. The standard InChI is InChI=1S/C17H12Cl2N4OS/c1-24-12-5-2-10(3-6-12)16-20-21-17-23(16)22-15(9-25-17)13-7-4-11(18)8-14(13)19/h2-9,22H,1H3. The molecule has 2 heterocycles. The van der Waals surface area contributed by atoms with E-state index in [9.17, 15) is 0 Å². The summed E-state index contributed by atoms with van der Waals surface area (Å²) in [5, 5.41) is 12.4. The van der Waals surface area contributed by atoms with E-state index in [-0.39, 0.29) is 0 Å². The number of aromatic nitrogens is 3. The Hall–Kier alpha value is -2.15. The molecule has 3 aromatic rings. The van der Waals surface area contributed by atoms with Crippen molar-refractivity contribution < 1.29 is 4.74 Å². The van der Waals surface area contributed by atoms with Crippen LogP contribution < -0.4 is 10.2 Å². The van der Waals surface area contributed by atoms with Crippen LogP contribution in [-0.4, -0.2) is 22.0 Å². The van der Waals surface area contributed by atoms with Crippen molar-refractivity contribution in [3.05, 3.63) is 63.5 Å². The van der Waals surface area contributed by atoms with Gasteiger partial charge in [-0.3, -0.25) is 5.43 Å². The minimum Gasteiger partial charge on any atom is -0.497 e. The van der Waals surface area contributed by atoms with Gasteiger partial charge in [0.05, 0.1) is 17.8 Å². The Morgan fingerprint density at radius 1 is 1.08 bits per heavy atom. The van der Waals surface area contributed by atoms with Gasteiger partial charge in [0.15, 0.2) is 5.82 Å². The number of hydrogen-bond donors (Lipinski definition) is 1. The molecule has 5 nitrogen and oxygen atoms in total. The number of nitrogens with zero attached hydrogens (tertiary/aromatic N) is 3. The van der Waals surface area contributed by atoms with Crippen LogP contribution in [0.3, 0.4) is 0 Å². The van der Waals surface area contributed by atoms with Gasteiger partial charge >= 0.3 is 0 Å². The third-order valence-corrected chi connectivity index (χ3v) is 5.09. The number of benzene rings is 2. The molecule has 0 saturated heterocycles. The van der Waals surface area contributed by atoms with Crippen molar-refractivity contribution in [2.24, 2.45) is 0 Å². The summed E-state index contributed by atoms with van der Waals surface area (Å²) in [6.07, 6.45) is 0. The third-order valence-electron chi connectivity index (χ3n) is 3.72. The molecule has 8 heteroatoms. The van der Waals surface area contributed by atoms with Gasteiger partial charge in [-0.2, -0.15) is 0 Å². The summed E-state index contributed by atoms with van der Waals surface area (Å²) < 4.78 is 7.04. The van der Waals surface area contributed by atoms with Gasteiger partial charge in [-0.1, -0.05) is 35.0 Å². The summed E-state index contributed by atoms with van der Waals surface area (Å²) in [4.78, 5) is 0. The van der Waals surface area contributed by atoms with E-state index in [1.807, 2.05) is 46.5 Å². The highest BCUT2D eigenvalue weighted by atomic mass is 35.5. The lowest BCUT2D eigenvalue weighted by molar-refractivity contribution is 0.415. The molecule has 0 spiro atoms. The van der Waals surface area contributed by atoms with Crippen LogP contribution >= 0.6 is 35.0 Å². The predicted molar refractivity (Wildman–Crippen MR) is 102 cm³/mol. The number of fused-ring (bicyclic) bond motifs is 1. The van der Waals surface area contributed by atoms with Crippen molar-refractivity contribution in [2.45, 2.75) is 5.16 Å². The summed E-state index contributed by atoms with van der Waals surface area (Å²) in [6.45, 7) is 0. The molecule has 1 aliphatic heterocycles. The Labute approximate surface area is 158 Å². The van der Waals surface area contributed by atoms with E-state index in [0.29, 0.717) is 15.9 Å². The summed E-state index contributed by atoms with van der Waals surface area (Å²) in [5.41, 5.74) is 5.96. The van der Waals surface area contributed by atoms with Crippen molar-refractivity contribution in [3.63, 3.8) is 0 Å². The zero-order chi connectivity index (χ0) is 17.4. The fourth-order valence-corrected chi connectivity index (χ4v) is 3.70. The quantitative estimate of drug-likeness (QED) is 0.688. The molecule has 25 heavy (non-hydrogen) atoms. The second-order valence-corrected chi connectivity index (χ2v) is 6.94. The molecule has 1 N–H and O–H groups in total. The average molecular weight is 391 g/mol. The second-order valence-electron chi connectivity index (χ2n) is 5.26. The van der Waals surface area contributed by atoms with Gasteiger partial charge in [-0.15, -0.1) is 10.2 Å².